The van der Waals surface area contributed by atoms with E-state index >= 15 is 0 Å². The van der Waals surface area contributed by atoms with Gasteiger partial charge in [0, 0.05) is 12.6 Å². The molecule has 0 atom stereocenters. The van der Waals surface area contributed by atoms with Crippen LogP contribution in [-0.2, 0) is 6.18 Å². The number of aliphatic hydroxyl groups excluding tert-OH is 1. The summed E-state index contributed by atoms with van der Waals surface area (Å²) in [5.41, 5.74) is -1.54. The van der Waals surface area contributed by atoms with Gasteiger partial charge in [0.1, 0.15) is 5.82 Å². The molecule has 128 valence electrons. The monoisotopic (exact) mass is 334 g/mol. The number of halogens is 4. The van der Waals surface area contributed by atoms with E-state index in [1.165, 1.54) is 0 Å². The molecule has 0 unspecified atom stereocenters. The average Bonchev–Trinajstić information content (AvgIpc) is 2.49. The number of anilines is 1. The second-order valence-electron chi connectivity index (χ2n) is 5.69. The van der Waals surface area contributed by atoms with Crippen LogP contribution in [0.4, 0.5) is 28.0 Å². The van der Waals surface area contributed by atoms with Crippen LogP contribution in [0.1, 0.15) is 31.2 Å². The van der Waals surface area contributed by atoms with Crippen LogP contribution in [0, 0.1) is 11.7 Å². The topological polar surface area (TPSA) is 61.4 Å². The van der Waals surface area contributed by atoms with E-state index < -0.39 is 29.3 Å². The summed E-state index contributed by atoms with van der Waals surface area (Å²) in [7, 11) is 0. The zero-order valence-corrected chi connectivity index (χ0v) is 12.3. The molecule has 8 heteroatoms. The highest BCUT2D eigenvalue weighted by Gasteiger charge is 2.31. The summed E-state index contributed by atoms with van der Waals surface area (Å²) in [5.74, 6) is -0.714. The number of carbonyl (C=O) groups excluding carboxylic acids is 1. The fourth-order valence-electron chi connectivity index (χ4n) is 2.63. The van der Waals surface area contributed by atoms with E-state index in [0.29, 0.717) is 31.0 Å². The number of carbonyl (C=O) groups is 1. The summed E-state index contributed by atoms with van der Waals surface area (Å²) in [4.78, 5) is 11.8. The molecule has 0 aromatic heterocycles. The third-order valence-corrected chi connectivity index (χ3v) is 3.98. The lowest BCUT2D eigenvalue weighted by Gasteiger charge is -2.28. The Morgan fingerprint density at radius 2 is 1.87 bits per heavy atom. The smallest absolute Gasteiger partial charge is 0.396 e. The molecule has 0 heterocycles. The molecule has 1 aromatic carbocycles. The average molecular weight is 334 g/mol. The lowest BCUT2D eigenvalue weighted by atomic mass is 9.87. The Morgan fingerprint density at radius 3 is 2.43 bits per heavy atom. The van der Waals surface area contributed by atoms with Gasteiger partial charge in [-0.1, -0.05) is 0 Å². The van der Waals surface area contributed by atoms with Crippen LogP contribution in [0.15, 0.2) is 18.2 Å². The van der Waals surface area contributed by atoms with Gasteiger partial charge < -0.3 is 15.7 Å². The maximum Gasteiger partial charge on any atom is 0.416 e. The molecule has 0 bridgehead atoms. The molecule has 0 radical (unpaired) electrons. The predicted molar refractivity (Wildman–Crippen MR) is 76.4 cm³/mol. The van der Waals surface area contributed by atoms with Gasteiger partial charge in [0.2, 0.25) is 0 Å². The fraction of sp³-hybridized carbons (Fsp3) is 0.533. The summed E-state index contributed by atoms with van der Waals surface area (Å²) < 4.78 is 51.4. The van der Waals surface area contributed by atoms with Crippen LogP contribution in [0.5, 0.6) is 0 Å². The maximum atomic E-state index is 13.6. The summed E-state index contributed by atoms with van der Waals surface area (Å²) in [6.45, 7) is 0.106. The molecule has 23 heavy (non-hydrogen) atoms. The summed E-state index contributed by atoms with van der Waals surface area (Å²) >= 11 is 0. The first kappa shape index (κ1) is 17.5. The van der Waals surface area contributed by atoms with Crippen molar-refractivity contribution in [3.05, 3.63) is 29.6 Å². The van der Waals surface area contributed by atoms with Gasteiger partial charge in [-0.3, -0.25) is 0 Å². The largest absolute Gasteiger partial charge is 0.416 e. The van der Waals surface area contributed by atoms with Crippen molar-refractivity contribution in [2.45, 2.75) is 37.9 Å². The Bertz CT molecular complexity index is 555. The Morgan fingerprint density at radius 1 is 1.22 bits per heavy atom. The highest BCUT2D eigenvalue weighted by molar-refractivity contribution is 5.89. The molecule has 2 amide bonds. The van der Waals surface area contributed by atoms with E-state index in [1.807, 2.05) is 0 Å². The third-order valence-electron chi connectivity index (χ3n) is 3.98. The molecular weight excluding hydrogens is 316 g/mol. The molecule has 0 spiro atoms. The fourth-order valence-corrected chi connectivity index (χ4v) is 2.63. The van der Waals surface area contributed by atoms with Gasteiger partial charge in [-0.2, -0.15) is 13.2 Å². The highest BCUT2D eigenvalue weighted by Crippen LogP contribution is 2.31. The van der Waals surface area contributed by atoms with E-state index in [9.17, 15) is 22.4 Å². The molecule has 1 aromatic rings. The Labute approximate surface area is 130 Å². The van der Waals surface area contributed by atoms with Crippen molar-refractivity contribution in [3.8, 4) is 0 Å². The number of rotatable bonds is 3. The molecule has 1 aliphatic carbocycles. The van der Waals surface area contributed by atoms with E-state index in [1.54, 1.807) is 0 Å². The number of hydrogen-bond acceptors (Lipinski definition) is 2. The number of benzene rings is 1. The van der Waals surface area contributed by atoms with E-state index in [2.05, 4.69) is 10.6 Å². The minimum atomic E-state index is -4.61. The number of nitrogens with one attached hydrogen (secondary N) is 2. The van der Waals surface area contributed by atoms with Gasteiger partial charge in [-0.15, -0.1) is 0 Å². The van der Waals surface area contributed by atoms with Crippen molar-refractivity contribution in [1.29, 1.82) is 0 Å². The molecule has 1 saturated carbocycles. The van der Waals surface area contributed by atoms with Crippen molar-refractivity contribution in [2.75, 3.05) is 11.9 Å². The second kappa shape index (κ2) is 7.16. The Kier molecular flexibility index (Phi) is 5.46. The molecule has 0 saturated heterocycles. The first-order valence-electron chi connectivity index (χ1n) is 7.34. The first-order valence-corrected chi connectivity index (χ1v) is 7.34. The van der Waals surface area contributed by atoms with Crippen LogP contribution in [-0.4, -0.2) is 23.8 Å². The van der Waals surface area contributed by atoms with Gasteiger partial charge in [0.15, 0.2) is 0 Å². The van der Waals surface area contributed by atoms with E-state index in [-0.39, 0.29) is 18.6 Å². The number of amides is 2. The zero-order chi connectivity index (χ0) is 17.0. The van der Waals surface area contributed by atoms with Gasteiger partial charge in [0.05, 0.1) is 11.3 Å². The lowest BCUT2D eigenvalue weighted by molar-refractivity contribution is -0.137. The second-order valence-corrected chi connectivity index (χ2v) is 5.69. The number of hydrogen-bond donors (Lipinski definition) is 3. The van der Waals surface area contributed by atoms with E-state index in [4.69, 9.17) is 5.11 Å². The molecule has 2 rings (SSSR count). The van der Waals surface area contributed by atoms with Crippen molar-refractivity contribution < 1.29 is 27.5 Å². The summed E-state index contributed by atoms with van der Waals surface area (Å²) in [6.07, 6.45) is -1.74. The zero-order valence-electron chi connectivity index (χ0n) is 12.3. The number of urea groups is 1. The summed E-state index contributed by atoms with van der Waals surface area (Å²) in [6, 6.07) is 0.985. The van der Waals surface area contributed by atoms with Crippen LogP contribution in [0.25, 0.3) is 0 Å². The number of alkyl halides is 3. The highest BCUT2D eigenvalue weighted by atomic mass is 19.4. The molecule has 3 N–H and O–H groups in total. The Balaban J connectivity index is 1.95. The van der Waals surface area contributed by atoms with Crippen LogP contribution in [0.2, 0.25) is 0 Å². The van der Waals surface area contributed by atoms with Crippen molar-refractivity contribution in [3.63, 3.8) is 0 Å². The quantitative estimate of drug-likeness (QED) is 0.741. The Hall–Kier alpha value is -1.83. The standard InChI is InChI=1S/C15H18F4N2O2/c16-12-6-3-10(15(17,18)19)7-13(12)21-14(23)20-11-4-1-9(8-22)2-5-11/h3,6-7,9,11,22H,1-2,4-5,8H2,(H2,20,21,23). The third kappa shape index (κ3) is 4.82. The van der Waals surface area contributed by atoms with Crippen molar-refractivity contribution >= 4 is 11.7 Å². The SMILES string of the molecule is O=C(Nc1cc(C(F)(F)F)ccc1F)NC1CCC(CO)CC1. The van der Waals surface area contributed by atoms with Gasteiger partial charge in [-0.05, 0) is 49.8 Å². The van der Waals surface area contributed by atoms with Gasteiger partial charge in [-0.25, -0.2) is 9.18 Å². The lowest BCUT2D eigenvalue weighted by Crippen LogP contribution is -2.40. The number of aliphatic hydroxyl groups is 1. The van der Waals surface area contributed by atoms with Crippen LogP contribution < -0.4 is 10.6 Å². The molecule has 4 nitrogen and oxygen atoms in total. The first-order chi connectivity index (χ1) is 10.8. The molecule has 0 aliphatic heterocycles. The van der Waals surface area contributed by atoms with Crippen LogP contribution in [0.3, 0.4) is 0 Å². The minimum absolute atomic E-state index is 0.106. The normalized spacial score (nSPS) is 21.8. The molecular formula is C15H18F4N2O2. The van der Waals surface area contributed by atoms with Gasteiger partial charge >= 0.3 is 12.2 Å². The maximum absolute atomic E-state index is 13.6. The predicted octanol–water partition coefficient (Wildman–Crippen LogP) is 3.52. The minimum Gasteiger partial charge on any atom is -0.396 e. The van der Waals surface area contributed by atoms with Gasteiger partial charge in [0.25, 0.3) is 0 Å². The van der Waals surface area contributed by atoms with E-state index in [0.717, 1.165) is 12.8 Å². The molecule has 1 fully saturated rings. The summed E-state index contributed by atoms with van der Waals surface area (Å²) in [5, 5.41) is 13.8. The van der Waals surface area contributed by atoms with Crippen LogP contribution >= 0.6 is 0 Å². The molecule has 1 aliphatic rings. The van der Waals surface area contributed by atoms with Crippen molar-refractivity contribution in [2.24, 2.45) is 5.92 Å². The van der Waals surface area contributed by atoms with Crippen molar-refractivity contribution in [1.82, 2.24) is 5.32 Å².